The molecule has 1 heterocycles. The predicted octanol–water partition coefficient (Wildman–Crippen LogP) is 2.80. The molecule has 0 unspecified atom stereocenters. The fourth-order valence-corrected chi connectivity index (χ4v) is 2.30. The normalized spacial score (nSPS) is 17.7. The van der Waals surface area contributed by atoms with Gasteiger partial charge in [0.2, 0.25) is 0 Å². The van der Waals surface area contributed by atoms with Gasteiger partial charge in [-0.05, 0) is 26.3 Å². The number of ether oxygens (including phenoxy) is 1. The molecular formula is C9H14OS2. The molecule has 0 atom stereocenters. The third-order valence-corrected chi connectivity index (χ3v) is 4.33. The highest BCUT2D eigenvalue weighted by Gasteiger charge is 2.30. The first-order valence-electron chi connectivity index (χ1n) is 3.91. The Bertz CT molecular complexity index is 241. The zero-order chi connectivity index (χ0) is 9.35. The van der Waals surface area contributed by atoms with Crippen molar-refractivity contribution >= 4 is 28.8 Å². The molecule has 12 heavy (non-hydrogen) atoms. The first-order valence-corrected chi connectivity index (χ1v) is 5.31. The Morgan fingerprint density at radius 1 is 1.58 bits per heavy atom. The van der Waals surface area contributed by atoms with Crippen LogP contribution in [0.3, 0.4) is 0 Å². The maximum atomic E-state index is 5.34. The summed E-state index contributed by atoms with van der Waals surface area (Å²) in [6.45, 7) is 6.15. The molecule has 3 heteroatoms. The maximum absolute atomic E-state index is 5.34. The van der Waals surface area contributed by atoms with Gasteiger partial charge in [-0.2, -0.15) is 0 Å². The molecule has 0 aromatic carbocycles. The van der Waals surface area contributed by atoms with Crippen LogP contribution in [-0.2, 0) is 4.74 Å². The third-order valence-electron chi connectivity index (χ3n) is 2.08. The lowest BCUT2D eigenvalue weighted by Gasteiger charge is -2.30. The van der Waals surface area contributed by atoms with Gasteiger partial charge in [0.05, 0.1) is 10.5 Å². The van der Waals surface area contributed by atoms with Gasteiger partial charge in [-0.3, -0.25) is 0 Å². The number of hydrogen-bond acceptors (Lipinski definition) is 3. The van der Waals surface area contributed by atoms with Crippen molar-refractivity contribution < 1.29 is 4.74 Å². The van der Waals surface area contributed by atoms with E-state index in [1.807, 2.05) is 25.6 Å². The summed E-state index contributed by atoms with van der Waals surface area (Å²) >= 11 is 7.16. The molecule has 0 aliphatic carbocycles. The van der Waals surface area contributed by atoms with Crippen molar-refractivity contribution in [3.63, 3.8) is 0 Å². The van der Waals surface area contributed by atoms with Gasteiger partial charge >= 0.3 is 0 Å². The molecule has 1 nitrogen and oxygen atoms in total. The van der Waals surface area contributed by atoms with Crippen molar-refractivity contribution in [2.75, 3.05) is 12.9 Å². The standard InChI is InChI=1S/C9H14OS2/c1-6-5-12-7(6)8(11)9(2,3)10-4/h5H2,1-4H3. The molecule has 0 saturated carbocycles. The second-order valence-electron chi connectivity index (χ2n) is 3.44. The number of methoxy groups -OCH3 is 1. The molecule has 0 spiro atoms. The Morgan fingerprint density at radius 3 is 2.42 bits per heavy atom. The zero-order valence-electron chi connectivity index (χ0n) is 7.93. The highest BCUT2D eigenvalue weighted by atomic mass is 32.2. The van der Waals surface area contributed by atoms with Crippen molar-refractivity contribution in [3.05, 3.63) is 10.5 Å². The summed E-state index contributed by atoms with van der Waals surface area (Å²) in [5, 5.41) is 0. The lowest BCUT2D eigenvalue weighted by molar-refractivity contribution is 0.0856. The first kappa shape index (κ1) is 10.2. The van der Waals surface area contributed by atoms with Gasteiger partial charge in [0.25, 0.3) is 0 Å². The molecule has 1 rings (SSSR count). The van der Waals surface area contributed by atoms with E-state index in [0.29, 0.717) is 0 Å². The van der Waals surface area contributed by atoms with Crippen molar-refractivity contribution in [2.24, 2.45) is 0 Å². The van der Waals surface area contributed by atoms with E-state index in [1.54, 1.807) is 7.11 Å². The van der Waals surface area contributed by atoms with E-state index in [1.165, 1.54) is 10.5 Å². The molecule has 1 aliphatic heterocycles. The summed E-state index contributed by atoms with van der Waals surface area (Å²) in [6.07, 6.45) is 0. The van der Waals surface area contributed by atoms with E-state index < -0.39 is 0 Å². The van der Waals surface area contributed by atoms with Crippen molar-refractivity contribution in [2.45, 2.75) is 26.4 Å². The summed E-state index contributed by atoms with van der Waals surface area (Å²) in [6, 6.07) is 0. The number of thiocarbonyl (C=S) groups is 1. The zero-order valence-corrected chi connectivity index (χ0v) is 9.56. The molecule has 0 aromatic heterocycles. The molecular weight excluding hydrogens is 188 g/mol. The van der Waals surface area contributed by atoms with E-state index >= 15 is 0 Å². The fraction of sp³-hybridized carbons (Fsp3) is 0.667. The summed E-state index contributed by atoms with van der Waals surface area (Å²) in [4.78, 5) is 2.20. The molecule has 0 amide bonds. The molecule has 0 fully saturated rings. The predicted molar refractivity (Wildman–Crippen MR) is 58.8 cm³/mol. The third kappa shape index (κ3) is 1.73. The smallest absolute Gasteiger partial charge is 0.0982 e. The van der Waals surface area contributed by atoms with Gasteiger partial charge in [-0.25, -0.2) is 0 Å². The van der Waals surface area contributed by atoms with Gasteiger partial charge in [0.15, 0.2) is 0 Å². The van der Waals surface area contributed by atoms with Crippen LogP contribution in [0.5, 0.6) is 0 Å². The van der Waals surface area contributed by atoms with Gasteiger partial charge in [-0.1, -0.05) is 12.2 Å². The molecule has 0 bridgehead atoms. The number of hydrogen-bond donors (Lipinski definition) is 0. The van der Waals surface area contributed by atoms with Gasteiger partial charge < -0.3 is 4.74 Å². The topological polar surface area (TPSA) is 9.23 Å². The van der Waals surface area contributed by atoms with Crippen molar-refractivity contribution in [1.29, 1.82) is 0 Å². The van der Waals surface area contributed by atoms with Crippen LogP contribution in [0.15, 0.2) is 10.5 Å². The van der Waals surface area contributed by atoms with Crippen LogP contribution in [0.1, 0.15) is 20.8 Å². The Morgan fingerprint density at radius 2 is 2.17 bits per heavy atom. The Labute approximate surface area is 83.6 Å². The quantitative estimate of drug-likeness (QED) is 0.651. The summed E-state index contributed by atoms with van der Waals surface area (Å²) in [5.74, 6) is 1.12. The molecule has 0 aromatic rings. The maximum Gasteiger partial charge on any atom is 0.0982 e. The van der Waals surface area contributed by atoms with Crippen LogP contribution in [0.2, 0.25) is 0 Å². The van der Waals surface area contributed by atoms with E-state index in [0.717, 1.165) is 10.6 Å². The first-order chi connectivity index (χ1) is 5.49. The van der Waals surface area contributed by atoms with E-state index in [9.17, 15) is 0 Å². The van der Waals surface area contributed by atoms with Crippen LogP contribution in [0, 0.1) is 0 Å². The SMILES string of the molecule is COC(C)(C)C(=S)C1=C(C)CS1. The van der Waals surface area contributed by atoms with Crippen LogP contribution in [0.4, 0.5) is 0 Å². The summed E-state index contributed by atoms with van der Waals surface area (Å²) in [7, 11) is 1.70. The van der Waals surface area contributed by atoms with Gasteiger partial charge in [-0.15, -0.1) is 11.8 Å². The molecule has 0 radical (unpaired) electrons. The van der Waals surface area contributed by atoms with Gasteiger partial charge in [0.1, 0.15) is 0 Å². The molecule has 1 aliphatic rings. The van der Waals surface area contributed by atoms with Crippen LogP contribution < -0.4 is 0 Å². The summed E-state index contributed by atoms with van der Waals surface area (Å²) in [5.41, 5.74) is 1.11. The molecule has 0 N–H and O–H groups in total. The minimum absolute atomic E-state index is 0.292. The molecule has 0 saturated heterocycles. The van der Waals surface area contributed by atoms with E-state index in [4.69, 9.17) is 17.0 Å². The fourth-order valence-electron chi connectivity index (χ4n) is 0.914. The lowest BCUT2D eigenvalue weighted by Crippen LogP contribution is -2.34. The lowest BCUT2D eigenvalue weighted by atomic mass is 10.0. The Hall–Kier alpha value is 0.140. The highest BCUT2D eigenvalue weighted by molar-refractivity contribution is 8.06. The van der Waals surface area contributed by atoms with E-state index in [-0.39, 0.29) is 5.60 Å². The Balaban J connectivity index is 2.78. The number of thioether (sulfide) groups is 1. The van der Waals surface area contributed by atoms with Crippen LogP contribution >= 0.6 is 24.0 Å². The summed E-state index contributed by atoms with van der Waals surface area (Å²) < 4.78 is 5.32. The van der Waals surface area contributed by atoms with E-state index in [2.05, 4.69) is 6.92 Å². The minimum atomic E-state index is -0.292. The minimum Gasteiger partial charge on any atom is -0.373 e. The van der Waals surface area contributed by atoms with Crippen LogP contribution in [-0.4, -0.2) is 23.3 Å². The average molecular weight is 202 g/mol. The Kier molecular flexibility index (Phi) is 2.97. The average Bonchev–Trinajstić information content (AvgIpc) is 2.01. The van der Waals surface area contributed by atoms with Crippen molar-refractivity contribution in [1.82, 2.24) is 0 Å². The largest absolute Gasteiger partial charge is 0.373 e. The second-order valence-corrected chi connectivity index (χ2v) is 4.84. The molecule has 68 valence electrons. The number of rotatable bonds is 3. The monoisotopic (exact) mass is 202 g/mol. The second kappa shape index (κ2) is 3.48. The van der Waals surface area contributed by atoms with Crippen molar-refractivity contribution in [3.8, 4) is 0 Å². The highest BCUT2D eigenvalue weighted by Crippen LogP contribution is 2.37. The van der Waals surface area contributed by atoms with Crippen LogP contribution in [0.25, 0.3) is 0 Å². The van der Waals surface area contributed by atoms with Gasteiger partial charge in [0, 0.05) is 17.8 Å².